The van der Waals surface area contributed by atoms with Crippen LogP contribution in [0.4, 0.5) is 9.59 Å². The number of aliphatic hydroxyl groups excluding tert-OH is 1. The van der Waals surface area contributed by atoms with Crippen LogP contribution in [0.15, 0.2) is 91.0 Å². The number of aromatic nitrogens is 3. The molecule has 15 heteroatoms. The van der Waals surface area contributed by atoms with Gasteiger partial charge in [-0.3, -0.25) is 14.5 Å². The Morgan fingerprint density at radius 2 is 1.31 bits per heavy atom. The normalized spacial score (nSPS) is 14.9. The number of hydrogen-bond donors (Lipinski definition) is 2. The van der Waals surface area contributed by atoms with Crippen LogP contribution in [0.5, 0.6) is 17.5 Å². The van der Waals surface area contributed by atoms with E-state index in [2.05, 4.69) is 9.80 Å². The predicted octanol–water partition coefficient (Wildman–Crippen LogP) is 6.78. The minimum atomic E-state index is -0.844. The number of aliphatic hydroxyl groups is 1. The molecule has 0 bridgehead atoms. The Morgan fingerprint density at radius 3 is 1.90 bits per heavy atom. The van der Waals surface area contributed by atoms with Crippen molar-refractivity contribution in [2.45, 2.75) is 52.4 Å². The maximum absolute atomic E-state index is 11.8. The minimum absolute atomic E-state index is 0.223. The highest BCUT2D eigenvalue weighted by Gasteiger charge is 2.26. The average molecular weight is 852 g/mol. The van der Waals surface area contributed by atoms with Crippen LogP contribution >= 0.6 is 0 Å². The predicted molar refractivity (Wildman–Crippen MR) is 238 cm³/mol. The number of piperazine rings is 2. The van der Waals surface area contributed by atoms with Crippen molar-refractivity contribution in [3.8, 4) is 28.8 Å². The molecule has 0 aliphatic carbocycles. The van der Waals surface area contributed by atoms with Crippen LogP contribution in [-0.2, 0) is 25.0 Å². The summed E-state index contributed by atoms with van der Waals surface area (Å²) in [5.41, 5.74) is 4.15. The molecule has 2 fully saturated rings. The summed E-state index contributed by atoms with van der Waals surface area (Å²) in [7, 11) is 1.92. The smallest absolute Gasteiger partial charge is 0.410 e. The monoisotopic (exact) mass is 851 g/mol. The third-order valence-electron chi connectivity index (χ3n) is 10.5. The Bertz CT molecular complexity index is 2160. The van der Waals surface area contributed by atoms with Crippen molar-refractivity contribution in [2.24, 2.45) is 7.05 Å². The summed E-state index contributed by atoms with van der Waals surface area (Å²) >= 11 is 0. The fourth-order valence-corrected chi connectivity index (χ4v) is 7.19. The first-order chi connectivity index (χ1) is 30.0. The van der Waals surface area contributed by atoms with Gasteiger partial charge in [0.2, 0.25) is 11.8 Å². The summed E-state index contributed by atoms with van der Waals surface area (Å²) in [6.07, 6.45) is 0.587. The van der Waals surface area contributed by atoms with E-state index >= 15 is 0 Å². The fraction of sp³-hybridized carbons (Fsp3) is 0.447. The zero-order chi connectivity index (χ0) is 43.9. The van der Waals surface area contributed by atoms with E-state index in [0.29, 0.717) is 57.8 Å². The van der Waals surface area contributed by atoms with Gasteiger partial charge in [-0.15, -0.1) is 0 Å². The maximum atomic E-state index is 11.8. The lowest BCUT2D eigenvalue weighted by molar-refractivity contribution is 0.0141. The van der Waals surface area contributed by atoms with Crippen molar-refractivity contribution in [2.75, 3.05) is 78.7 Å². The van der Waals surface area contributed by atoms with Gasteiger partial charge >= 0.3 is 12.2 Å². The van der Waals surface area contributed by atoms with Crippen molar-refractivity contribution in [1.29, 1.82) is 0 Å². The van der Waals surface area contributed by atoms with Crippen LogP contribution in [0, 0.1) is 0 Å². The molecule has 3 aromatic carbocycles. The Hall–Kier alpha value is -5.90. The van der Waals surface area contributed by atoms with Gasteiger partial charge in [0.25, 0.3) is 0 Å². The molecule has 2 amide bonds. The number of benzene rings is 3. The maximum Gasteiger partial charge on any atom is 0.410 e. The molecular formula is C47H61N7O8. The van der Waals surface area contributed by atoms with E-state index in [4.69, 9.17) is 39.2 Å². The lowest BCUT2D eigenvalue weighted by atomic mass is 10.1. The highest BCUT2D eigenvalue weighted by Crippen LogP contribution is 2.36. The van der Waals surface area contributed by atoms with E-state index in [-0.39, 0.29) is 12.7 Å². The summed E-state index contributed by atoms with van der Waals surface area (Å²) in [4.78, 5) is 35.4. The van der Waals surface area contributed by atoms with E-state index in [1.54, 1.807) is 4.90 Å². The van der Waals surface area contributed by atoms with E-state index in [9.17, 15) is 9.59 Å². The molecule has 2 aromatic heterocycles. The summed E-state index contributed by atoms with van der Waals surface area (Å²) < 4.78 is 25.6. The lowest BCUT2D eigenvalue weighted by Crippen LogP contribution is -2.50. The summed E-state index contributed by atoms with van der Waals surface area (Å²) in [5.74, 6) is 1.70. The Kier molecular flexibility index (Phi) is 16.4. The van der Waals surface area contributed by atoms with Gasteiger partial charge in [0.15, 0.2) is 0 Å². The van der Waals surface area contributed by atoms with Crippen molar-refractivity contribution in [1.82, 2.24) is 34.4 Å². The molecule has 15 nitrogen and oxygen atoms in total. The third kappa shape index (κ3) is 13.6. The second-order valence-electron chi connectivity index (χ2n) is 16.4. The van der Waals surface area contributed by atoms with Crippen molar-refractivity contribution >= 4 is 23.1 Å². The molecule has 0 saturated carbocycles. The average Bonchev–Trinajstić information content (AvgIpc) is 3.61. The molecule has 0 unspecified atom stereocenters. The second-order valence-corrected chi connectivity index (χ2v) is 16.4. The molecular weight excluding hydrogens is 791 g/mol. The number of amides is 2. The zero-order valence-corrected chi connectivity index (χ0v) is 36.4. The number of rotatable bonds is 15. The third-order valence-corrected chi connectivity index (χ3v) is 10.5. The van der Waals surface area contributed by atoms with Crippen LogP contribution in [0.25, 0.3) is 22.2 Å². The highest BCUT2D eigenvalue weighted by molar-refractivity contribution is 5.95. The van der Waals surface area contributed by atoms with Gasteiger partial charge in [0.1, 0.15) is 30.3 Å². The second kappa shape index (κ2) is 22.3. The van der Waals surface area contributed by atoms with Crippen LogP contribution < -0.4 is 14.2 Å². The van der Waals surface area contributed by atoms with Crippen LogP contribution in [0.2, 0.25) is 0 Å². The first-order valence-electron chi connectivity index (χ1n) is 21.4. The molecule has 4 heterocycles. The van der Waals surface area contributed by atoms with E-state index < -0.39 is 11.7 Å². The van der Waals surface area contributed by atoms with Gasteiger partial charge in [-0.1, -0.05) is 60.7 Å². The first kappa shape index (κ1) is 45.6. The molecule has 2 saturated heterocycles. The quantitative estimate of drug-likeness (QED) is 0.107. The number of hydrogen-bond acceptors (Lipinski definition) is 11. The summed E-state index contributed by atoms with van der Waals surface area (Å²) in [6.45, 7) is 14.7. The van der Waals surface area contributed by atoms with Crippen molar-refractivity contribution in [3.05, 3.63) is 102 Å². The molecule has 2 aliphatic heterocycles. The van der Waals surface area contributed by atoms with Gasteiger partial charge in [0.05, 0.1) is 17.7 Å². The number of carboxylic acid groups (broad SMARTS) is 1. The van der Waals surface area contributed by atoms with Crippen molar-refractivity contribution in [3.63, 3.8) is 0 Å². The van der Waals surface area contributed by atoms with Crippen LogP contribution in [0.1, 0.15) is 44.7 Å². The molecule has 0 radical (unpaired) electrons. The molecule has 332 valence electrons. The van der Waals surface area contributed by atoms with Gasteiger partial charge in [-0.05, 0) is 62.9 Å². The molecule has 62 heavy (non-hydrogen) atoms. The lowest BCUT2D eigenvalue weighted by Gasteiger charge is -2.35. The number of pyridine rings is 1. The van der Waals surface area contributed by atoms with Crippen LogP contribution in [0.3, 0.4) is 0 Å². The Labute approximate surface area is 364 Å². The number of carbonyl (C=O) groups excluding carboxylic acids is 1. The highest BCUT2D eigenvalue weighted by atomic mass is 16.6. The SMILES string of the molecule is CC(C)(C)OC(=O)N1CCN(CCCO)CC1.Cn1nc(-c2ccc(OCc3ccccc3)nc2OCc2ccccc2)c2ccc(OCCCN3CCN(C(=O)O)CC3)cc21. The van der Waals surface area contributed by atoms with Crippen LogP contribution in [-0.4, -0.2) is 141 Å². The first-order valence-corrected chi connectivity index (χ1v) is 21.4. The fourth-order valence-electron chi connectivity index (χ4n) is 7.19. The number of carbonyl (C=O) groups is 2. The number of aryl methyl sites for hydroxylation is 1. The molecule has 0 spiro atoms. The summed E-state index contributed by atoms with van der Waals surface area (Å²) in [6, 6.07) is 29.8. The zero-order valence-electron chi connectivity index (χ0n) is 36.4. The summed E-state index contributed by atoms with van der Waals surface area (Å²) in [5, 5.41) is 23.7. The number of ether oxygens (including phenoxy) is 4. The van der Waals surface area contributed by atoms with Gasteiger partial charge in [-0.2, -0.15) is 10.1 Å². The number of nitrogens with zero attached hydrogens (tertiary/aromatic N) is 7. The van der Waals surface area contributed by atoms with Gasteiger partial charge in [0, 0.05) is 96.6 Å². The molecule has 7 rings (SSSR count). The molecule has 0 atom stereocenters. The van der Waals surface area contributed by atoms with E-state index in [1.165, 1.54) is 4.90 Å². The molecule has 2 aliphatic rings. The Morgan fingerprint density at radius 1 is 0.710 bits per heavy atom. The molecule has 2 N–H and O–H groups in total. The Balaban J connectivity index is 0.000000318. The number of fused-ring (bicyclic) bond motifs is 1. The molecule has 5 aromatic rings. The minimum Gasteiger partial charge on any atom is -0.493 e. The van der Waals surface area contributed by atoms with Gasteiger partial charge < -0.3 is 39.0 Å². The standard InChI is InChI=1S/C35H37N5O5.C12H24N2O3/c1-38-31-23-28(43-22-8-17-39-18-20-40(21-19-39)35(41)42)13-14-29(31)33(37-38)30-15-16-32(44-24-26-9-4-2-5-10-26)36-34(30)45-25-27-11-6-3-7-12-27;1-12(2,3)17-11(16)14-8-6-13(7-9-14)5-4-10-15/h2-7,9-16,23H,8,17-22,24-25H2,1H3,(H,41,42);15H,4-10H2,1-3H3. The van der Waals surface area contributed by atoms with E-state index in [1.807, 2.05) is 123 Å². The van der Waals surface area contributed by atoms with Gasteiger partial charge in [-0.25, -0.2) is 9.59 Å². The topological polar surface area (TPSA) is 155 Å². The van der Waals surface area contributed by atoms with E-state index in [0.717, 1.165) is 91.1 Å². The van der Waals surface area contributed by atoms with Crippen molar-refractivity contribution < 1.29 is 38.7 Å². The largest absolute Gasteiger partial charge is 0.493 e.